The van der Waals surface area contributed by atoms with Crippen LogP contribution in [0.1, 0.15) is 26.2 Å². The topological polar surface area (TPSA) is 26.3 Å². The molecular formula is C14H16O2. The number of hydrogen-bond donors (Lipinski definition) is 0. The van der Waals surface area contributed by atoms with E-state index in [-0.39, 0.29) is 5.97 Å². The van der Waals surface area contributed by atoms with E-state index >= 15 is 0 Å². The maximum Gasteiger partial charge on any atom is 0.331 e. The highest BCUT2D eigenvalue weighted by atomic mass is 16.5. The van der Waals surface area contributed by atoms with Crippen LogP contribution in [0, 0.1) is 12.3 Å². The van der Waals surface area contributed by atoms with Crippen molar-refractivity contribution in [2.24, 2.45) is 0 Å². The van der Waals surface area contributed by atoms with Gasteiger partial charge in [0, 0.05) is 6.08 Å². The van der Waals surface area contributed by atoms with Gasteiger partial charge in [0.25, 0.3) is 0 Å². The summed E-state index contributed by atoms with van der Waals surface area (Å²) in [6.45, 7) is 2.20. The van der Waals surface area contributed by atoms with Crippen molar-refractivity contribution >= 4 is 5.97 Å². The number of rotatable bonds is 3. The Bertz CT molecular complexity index is 378. The van der Waals surface area contributed by atoms with E-state index in [1.54, 1.807) is 19.1 Å². The van der Waals surface area contributed by atoms with E-state index in [1.165, 1.54) is 0 Å². The number of hydrogen-bond acceptors (Lipinski definition) is 2. The third-order valence-electron chi connectivity index (χ3n) is 2.32. The predicted octanol–water partition coefficient (Wildman–Crippen LogP) is 2.78. The van der Waals surface area contributed by atoms with Crippen LogP contribution in [0.25, 0.3) is 0 Å². The zero-order chi connectivity index (χ0) is 11.8. The number of esters is 1. The second-order valence-corrected chi connectivity index (χ2v) is 3.47. The summed E-state index contributed by atoms with van der Waals surface area (Å²) < 4.78 is 4.89. The minimum absolute atomic E-state index is 0.278. The van der Waals surface area contributed by atoms with Crippen LogP contribution in [0.15, 0.2) is 35.5 Å². The highest BCUT2D eigenvalue weighted by Gasteiger charge is 2.09. The van der Waals surface area contributed by atoms with Crippen molar-refractivity contribution < 1.29 is 9.53 Å². The van der Waals surface area contributed by atoms with Crippen LogP contribution in [0.2, 0.25) is 0 Å². The lowest BCUT2D eigenvalue weighted by Gasteiger charge is -2.13. The second kappa shape index (κ2) is 6.68. The first-order valence-corrected chi connectivity index (χ1v) is 5.48. The molecule has 0 fully saturated rings. The Labute approximate surface area is 96.7 Å². The Kier molecular flexibility index (Phi) is 5.15. The molecule has 1 aliphatic rings. The van der Waals surface area contributed by atoms with Gasteiger partial charge in [-0.2, -0.15) is 0 Å². The molecule has 0 amide bonds. The lowest BCUT2D eigenvalue weighted by atomic mass is 9.93. The van der Waals surface area contributed by atoms with E-state index in [4.69, 9.17) is 11.2 Å². The Morgan fingerprint density at radius 1 is 1.69 bits per heavy atom. The van der Waals surface area contributed by atoms with Crippen LogP contribution in [0.3, 0.4) is 0 Å². The zero-order valence-electron chi connectivity index (χ0n) is 9.53. The molecule has 0 heterocycles. The molecule has 0 atom stereocenters. The number of carbonyl (C=O) groups excluding carboxylic acids is 1. The van der Waals surface area contributed by atoms with Crippen molar-refractivity contribution in [2.75, 3.05) is 6.61 Å². The van der Waals surface area contributed by atoms with Gasteiger partial charge in [-0.3, -0.25) is 0 Å². The SMILES string of the molecule is C#CC=CC1=CCCCC1=CC(=O)OCC. The van der Waals surface area contributed by atoms with Gasteiger partial charge < -0.3 is 4.74 Å². The Balaban J connectivity index is 2.81. The number of ether oxygens (including phenoxy) is 1. The summed E-state index contributed by atoms with van der Waals surface area (Å²) in [7, 11) is 0. The van der Waals surface area contributed by atoms with Gasteiger partial charge in [-0.1, -0.05) is 12.0 Å². The van der Waals surface area contributed by atoms with Crippen LogP contribution in [0.4, 0.5) is 0 Å². The second-order valence-electron chi connectivity index (χ2n) is 3.47. The molecule has 16 heavy (non-hydrogen) atoms. The van der Waals surface area contributed by atoms with Gasteiger partial charge in [0.15, 0.2) is 0 Å². The Morgan fingerprint density at radius 3 is 3.19 bits per heavy atom. The molecule has 0 bridgehead atoms. The first-order chi connectivity index (χ1) is 7.77. The standard InChI is InChI=1S/C14H16O2/c1-3-5-8-12-9-6-7-10-13(12)11-14(15)16-4-2/h1,5,8-9,11H,4,6-7,10H2,2H3. The molecule has 0 saturated carbocycles. The van der Waals surface area contributed by atoms with Crippen molar-refractivity contribution in [1.29, 1.82) is 0 Å². The highest BCUT2D eigenvalue weighted by Crippen LogP contribution is 2.24. The minimum atomic E-state index is -0.278. The van der Waals surface area contributed by atoms with E-state index < -0.39 is 0 Å². The summed E-state index contributed by atoms with van der Waals surface area (Å²) in [6, 6.07) is 0. The minimum Gasteiger partial charge on any atom is -0.463 e. The fraction of sp³-hybridized carbons (Fsp3) is 0.357. The molecule has 0 aromatic rings. The summed E-state index contributed by atoms with van der Waals surface area (Å²) in [5.41, 5.74) is 2.05. The molecular weight excluding hydrogens is 200 g/mol. The number of terminal acetylenes is 1. The Morgan fingerprint density at radius 2 is 2.50 bits per heavy atom. The molecule has 0 aromatic carbocycles. The van der Waals surface area contributed by atoms with E-state index in [1.807, 2.05) is 6.08 Å². The number of carbonyl (C=O) groups is 1. The van der Waals surface area contributed by atoms with Crippen LogP contribution in [0.5, 0.6) is 0 Å². The van der Waals surface area contributed by atoms with Crippen LogP contribution in [-0.2, 0) is 9.53 Å². The monoisotopic (exact) mass is 216 g/mol. The van der Waals surface area contributed by atoms with Gasteiger partial charge in [-0.15, -0.1) is 6.42 Å². The van der Waals surface area contributed by atoms with E-state index in [0.29, 0.717) is 6.61 Å². The lowest BCUT2D eigenvalue weighted by Crippen LogP contribution is -2.03. The molecule has 84 valence electrons. The summed E-state index contributed by atoms with van der Waals surface area (Å²) in [5.74, 6) is 2.17. The molecule has 2 nitrogen and oxygen atoms in total. The smallest absolute Gasteiger partial charge is 0.331 e. The summed E-state index contributed by atoms with van der Waals surface area (Å²) in [6.07, 6.45) is 15.3. The van der Waals surface area contributed by atoms with Gasteiger partial charge >= 0.3 is 5.97 Å². The molecule has 0 spiro atoms. The maximum absolute atomic E-state index is 11.3. The highest BCUT2D eigenvalue weighted by molar-refractivity contribution is 5.84. The summed E-state index contributed by atoms with van der Waals surface area (Å²) in [5, 5.41) is 0. The normalized spacial score (nSPS) is 18.2. The largest absolute Gasteiger partial charge is 0.463 e. The molecule has 0 saturated heterocycles. The van der Waals surface area contributed by atoms with E-state index in [0.717, 1.165) is 30.4 Å². The molecule has 0 aliphatic heterocycles. The van der Waals surface area contributed by atoms with Gasteiger partial charge in [-0.05, 0) is 49.5 Å². The van der Waals surface area contributed by atoms with Crippen molar-refractivity contribution in [3.05, 3.63) is 35.5 Å². The molecule has 1 aliphatic carbocycles. The molecule has 0 N–H and O–H groups in total. The van der Waals surface area contributed by atoms with E-state index in [9.17, 15) is 4.79 Å². The molecule has 0 unspecified atom stereocenters. The Hall–Kier alpha value is -1.75. The van der Waals surface area contributed by atoms with Crippen LogP contribution >= 0.6 is 0 Å². The maximum atomic E-state index is 11.3. The number of allylic oxidation sites excluding steroid dienone is 5. The summed E-state index contributed by atoms with van der Waals surface area (Å²) >= 11 is 0. The van der Waals surface area contributed by atoms with Gasteiger partial charge in [-0.25, -0.2) is 4.79 Å². The molecule has 0 radical (unpaired) electrons. The van der Waals surface area contributed by atoms with E-state index in [2.05, 4.69) is 12.0 Å². The van der Waals surface area contributed by atoms with Gasteiger partial charge in [0.2, 0.25) is 0 Å². The predicted molar refractivity (Wildman–Crippen MR) is 64.6 cm³/mol. The quantitative estimate of drug-likeness (QED) is 0.412. The van der Waals surface area contributed by atoms with Crippen molar-refractivity contribution in [3.63, 3.8) is 0 Å². The fourth-order valence-corrected chi connectivity index (χ4v) is 1.62. The lowest BCUT2D eigenvalue weighted by molar-refractivity contribution is -0.137. The summed E-state index contributed by atoms with van der Waals surface area (Å²) in [4.78, 5) is 11.3. The van der Waals surface area contributed by atoms with Crippen LogP contribution < -0.4 is 0 Å². The zero-order valence-corrected chi connectivity index (χ0v) is 9.53. The molecule has 0 aromatic heterocycles. The molecule has 2 heteroatoms. The fourth-order valence-electron chi connectivity index (χ4n) is 1.62. The average molecular weight is 216 g/mol. The first kappa shape index (κ1) is 12.3. The third kappa shape index (κ3) is 3.78. The van der Waals surface area contributed by atoms with Crippen LogP contribution in [-0.4, -0.2) is 12.6 Å². The first-order valence-electron chi connectivity index (χ1n) is 5.48. The van der Waals surface area contributed by atoms with Crippen molar-refractivity contribution in [2.45, 2.75) is 26.2 Å². The van der Waals surface area contributed by atoms with Crippen molar-refractivity contribution in [3.8, 4) is 12.3 Å². The average Bonchev–Trinajstić information content (AvgIpc) is 2.28. The third-order valence-corrected chi connectivity index (χ3v) is 2.32. The van der Waals surface area contributed by atoms with Gasteiger partial charge in [0.05, 0.1) is 6.61 Å². The van der Waals surface area contributed by atoms with Crippen molar-refractivity contribution in [1.82, 2.24) is 0 Å². The van der Waals surface area contributed by atoms with Gasteiger partial charge in [0.1, 0.15) is 0 Å². The molecule has 1 rings (SSSR count).